The molecule has 0 aliphatic heterocycles. The molecule has 2 N–H and O–H groups in total. The monoisotopic (exact) mass is 319 g/mol. The maximum atomic E-state index is 10.9. The number of carboxylic acid groups (broad SMARTS) is 1. The Morgan fingerprint density at radius 3 is 2.29 bits per heavy atom. The Morgan fingerprint density at radius 1 is 1.00 bits per heavy atom. The molecule has 5 nitrogen and oxygen atoms in total. The topological polar surface area (TPSA) is 75.1 Å². The number of aromatic nitrogens is 2. The number of benzene rings is 2. The summed E-state index contributed by atoms with van der Waals surface area (Å²) in [4.78, 5) is 19.8. The Balaban J connectivity index is 1.88. The van der Waals surface area contributed by atoms with Gasteiger partial charge >= 0.3 is 5.97 Å². The van der Waals surface area contributed by atoms with Gasteiger partial charge in [-0.1, -0.05) is 29.8 Å². The van der Waals surface area contributed by atoms with Crippen molar-refractivity contribution >= 4 is 17.6 Å². The number of aryl methyl sites for hydroxylation is 2. The number of carbonyl (C=O) groups is 1. The van der Waals surface area contributed by atoms with Crippen LogP contribution in [0.3, 0.4) is 0 Å². The maximum Gasteiger partial charge on any atom is 0.335 e. The molecule has 0 unspecified atom stereocenters. The van der Waals surface area contributed by atoms with Crippen LogP contribution in [0.5, 0.6) is 0 Å². The molecule has 0 spiro atoms. The van der Waals surface area contributed by atoms with Crippen molar-refractivity contribution in [3.63, 3.8) is 0 Å². The van der Waals surface area contributed by atoms with Gasteiger partial charge in [-0.3, -0.25) is 0 Å². The van der Waals surface area contributed by atoms with E-state index in [2.05, 4.69) is 27.4 Å². The number of nitrogens with zero attached hydrogens (tertiary/aromatic N) is 2. The molecule has 24 heavy (non-hydrogen) atoms. The van der Waals surface area contributed by atoms with E-state index in [1.807, 2.05) is 26.0 Å². The fourth-order valence-corrected chi connectivity index (χ4v) is 2.33. The second-order valence-electron chi connectivity index (χ2n) is 5.60. The minimum absolute atomic E-state index is 0.241. The summed E-state index contributed by atoms with van der Waals surface area (Å²) in [6, 6.07) is 14.6. The van der Waals surface area contributed by atoms with Crippen molar-refractivity contribution in [3.05, 3.63) is 71.4 Å². The first-order valence-electron chi connectivity index (χ1n) is 7.54. The molecule has 3 rings (SSSR count). The van der Waals surface area contributed by atoms with Crippen LogP contribution in [0, 0.1) is 13.8 Å². The minimum atomic E-state index is -0.949. The van der Waals surface area contributed by atoms with E-state index < -0.39 is 5.97 Å². The number of carboxylic acids is 1. The van der Waals surface area contributed by atoms with Gasteiger partial charge in [0.1, 0.15) is 0 Å². The molecule has 0 aliphatic rings. The molecule has 5 heteroatoms. The van der Waals surface area contributed by atoms with Crippen molar-refractivity contribution in [1.82, 2.24) is 9.97 Å². The van der Waals surface area contributed by atoms with Crippen LogP contribution >= 0.6 is 0 Å². The molecule has 0 bridgehead atoms. The zero-order valence-corrected chi connectivity index (χ0v) is 13.4. The van der Waals surface area contributed by atoms with Crippen LogP contribution in [0.2, 0.25) is 0 Å². The summed E-state index contributed by atoms with van der Waals surface area (Å²) in [7, 11) is 0. The van der Waals surface area contributed by atoms with E-state index >= 15 is 0 Å². The van der Waals surface area contributed by atoms with Gasteiger partial charge in [0.25, 0.3) is 0 Å². The fourth-order valence-electron chi connectivity index (χ4n) is 2.33. The Kier molecular flexibility index (Phi) is 4.24. The molecule has 0 atom stereocenters. The van der Waals surface area contributed by atoms with Crippen molar-refractivity contribution in [2.24, 2.45) is 0 Å². The summed E-state index contributed by atoms with van der Waals surface area (Å²) in [5.41, 5.74) is 5.07. The molecule has 2 aromatic carbocycles. The third-order valence-corrected chi connectivity index (χ3v) is 3.68. The second kappa shape index (κ2) is 6.50. The summed E-state index contributed by atoms with van der Waals surface area (Å²) >= 11 is 0. The highest BCUT2D eigenvalue weighted by Crippen LogP contribution is 2.23. The third kappa shape index (κ3) is 3.41. The van der Waals surface area contributed by atoms with Gasteiger partial charge < -0.3 is 10.4 Å². The highest BCUT2D eigenvalue weighted by Gasteiger charge is 2.08. The number of rotatable bonds is 4. The van der Waals surface area contributed by atoms with Gasteiger partial charge in [0, 0.05) is 17.4 Å². The second-order valence-corrected chi connectivity index (χ2v) is 5.60. The fraction of sp³-hybridized carbons (Fsp3) is 0.105. The number of hydrogen-bond donors (Lipinski definition) is 2. The van der Waals surface area contributed by atoms with Crippen LogP contribution in [0.15, 0.2) is 54.7 Å². The Bertz CT molecular complexity index is 872. The van der Waals surface area contributed by atoms with E-state index in [0.717, 1.165) is 22.5 Å². The van der Waals surface area contributed by atoms with Crippen molar-refractivity contribution in [2.75, 3.05) is 5.32 Å². The molecule has 1 heterocycles. The number of aromatic carboxylic acids is 1. The molecular formula is C19H17N3O2. The summed E-state index contributed by atoms with van der Waals surface area (Å²) in [6.45, 7) is 4.02. The predicted molar refractivity (Wildman–Crippen MR) is 93.6 cm³/mol. The molecule has 0 amide bonds. The number of anilines is 2. The first kappa shape index (κ1) is 15.7. The predicted octanol–water partition coefficient (Wildman–Crippen LogP) is 4.20. The SMILES string of the molecule is Cc1ccc(-c2nc(Nc3ccc(C(=O)O)cc3)ncc2C)cc1. The lowest BCUT2D eigenvalue weighted by Gasteiger charge is -2.09. The molecule has 1 aromatic heterocycles. The van der Waals surface area contributed by atoms with Crippen LogP contribution in [0.1, 0.15) is 21.5 Å². The standard InChI is InChI=1S/C19H17N3O2/c1-12-3-5-14(6-4-12)17-13(2)11-20-19(22-17)21-16-9-7-15(8-10-16)18(23)24/h3-11H,1-2H3,(H,23,24)(H,20,21,22). The number of hydrogen-bond acceptors (Lipinski definition) is 4. The Hall–Kier alpha value is -3.21. The molecule has 0 aliphatic carbocycles. The maximum absolute atomic E-state index is 10.9. The van der Waals surface area contributed by atoms with Gasteiger partial charge in [0.05, 0.1) is 11.3 Å². The molecule has 0 saturated heterocycles. The quantitative estimate of drug-likeness (QED) is 0.753. The van der Waals surface area contributed by atoms with Crippen LogP contribution in [0.25, 0.3) is 11.3 Å². The van der Waals surface area contributed by atoms with Gasteiger partial charge in [0.2, 0.25) is 5.95 Å². The summed E-state index contributed by atoms with van der Waals surface area (Å²) in [5.74, 6) is -0.478. The van der Waals surface area contributed by atoms with Crippen LogP contribution < -0.4 is 5.32 Å². The molecule has 0 saturated carbocycles. The van der Waals surface area contributed by atoms with Gasteiger partial charge in [-0.25, -0.2) is 14.8 Å². The van der Waals surface area contributed by atoms with Crippen molar-refractivity contribution in [2.45, 2.75) is 13.8 Å². The Labute approximate surface area is 140 Å². The van der Waals surface area contributed by atoms with Crippen LogP contribution in [0.4, 0.5) is 11.6 Å². The third-order valence-electron chi connectivity index (χ3n) is 3.68. The summed E-state index contributed by atoms with van der Waals surface area (Å²) < 4.78 is 0. The largest absolute Gasteiger partial charge is 0.478 e. The highest BCUT2D eigenvalue weighted by molar-refractivity contribution is 5.88. The molecular weight excluding hydrogens is 302 g/mol. The van der Waals surface area contributed by atoms with Gasteiger partial charge in [-0.15, -0.1) is 0 Å². The van der Waals surface area contributed by atoms with Crippen molar-refractivity contribution in [3.8, 4) is 11.3 Å². The van der Waals surface area contributed by atoms with Crippen LogP contribution in [-0.4, -0.2) is 21.0 Å². The molecule has 120 valence electrons. The molecule has 3 aromatic rings. The average molecular weight is 319 g/mol. The lowest BCUT2D eigenvalue weighted by atomic mass is 10.1. The molecule has 0 radical (unpaired) electrons. The van der Waals surface area contributed by atoms with Gasteiger partial charge in [-0.05, 0) is 43.7 Å². The smallest absolute Gasteiger partial charge is 0.335 e. The lowest BCUT2D eigenvalue weighted by Crippen LogP contribution is -2.01. The van der Waals surface area contributed by atoms with E-state index in [-0.39, 0.29) is 5.56 Å². The average Bonchev–Trinajstić information content (AvgIpc) is 2.58. The van der Waals surface area contributed by atoms with Crippen molar-refractivity contribution in [1.29, 1.82) is 0 Å². The van der Waals surface area contributed by atoms with E-state index in [9.17, 15) is 4.79 Å². The van der Waals surface area contributed by atoms with E-state index in [0.29, 0.717) is 5.95 Å². The normalized spacial score (nSPS) is 10.4. The summed E-state index contributed by atoms with van der Waals surface area (Å²) in [6.07, 6.45) is 1.77. The van der Waals surface area contributed by atoms with Crippen LogP contribution in [-0.2, 0) is 0 Å². The first-order valence-corrected chi connectivity index (χ1v) is 7.54. The minimum Gasteiger partial charge on any atom is -0.478 e. The van der Waals surface area contributed by atoms with E-state index in [1.54, 1.807) is 30.5 Å². The van der Waals surface area contributed by atoms with Crippen molar-refractivity contribution < 1.29 is 9.90 Å². The van der Waals surface area contributed by atoms with Gasteiger partial charge in [-0.2, -0.15) is 0 Å². The number of nitrogens with one attached hydrogen (secondary N) is 1. The lowest BCUT2D eigenvalue weighted by molar-refractivity contribution is 0.0697. The van der Waals surface area contributed by atoms with E-state index in [4.69, 9.17) is 5.11 Å². The molecule has 0 fully saturated rings. The summed E-state index contributed by atoms with van der Waals surface area (Å²) in [5, 5.41) is 12.0. The zero-order valence-electron chi connectivity index (χ0n) is 13.4. The first-order chi connectivity index (χ1) is 11.5. The zero-order chi connectivity index (χ0) is 17.1. The Morgan fingerprint density at radius 2 is 1.67 bits per heavy atom. The highest BCUT2D eigenvalue weighted by atomic mass is 16.4. The van der Waals surface area contributed by atoms with Gasteiger partial charge in [0.15, 0.2) is 0 Å². The van der Waals surface area contributed by atoms with E-state index in [1.165, 1.54) is 5.56 Å².